The lowest BCUT2D eigenvalue weighted by Gasteiger charge is -2.29. The number of thioether (sulfide) groups is 1. The SMILES string of the molecule is Cc1cccc(CN(C(=O)CSCc2c(Cl)cccc2Cl)C(C)C(=O)NCC(C)C)c1. The number of rotatable bonds is 10. The Labute approximate surface area is 199 Å². The third kappa shape index (κ3) is 8.06. The van der Waals surface area contributed by atoms with Crippen LogP contribution in [-0.2, 0) is 21.9 Å². The molecule has 0 saturated heterocycles. The second-order valence-electron chi connectivity index (χ2n) is 8.02. The van der Waals surface area contributed by atoms with Gasteiger partial charge in [-0.2, -0.15) is 0 Å². The van der Waals surface area contributed by atoms with Gasteiger partial charge < -0.3 is 10.2 Å². The molecule has 0 bridgehead atoms. The second kappa shape index (κ2) is 12.4. The highest BCUT2D eigenvalue weighted by atomic mass is 35.5. The van der Waals surface area contributed by atoms with Crippen molar-refractivity contribution in [2.45, 2.75) is 46.0 Å². The van der Waals surface area contributed by atoms with Gasteiger partial charge >= 0.3 is 0 Å². The average molecular weight is 481 g/mol. The van der Waals surface area contributed by atoms with E-state index in [2.05, 4.69) is 5.32 Å². The molecule has 2 aromatic rings. The molecule has 1 atom stereocenters. The van der Waals surface area contributed by atoms with Crippen LogP contribution in [-0.4, -0.2) is 35.1 Å². The van der Waals surface area contributed by atoms with Crippen LogP contribution in [0.3, 0.4) is 0 Å². The van der Waals surface area contributed by atoms with Gasteiger partial charge in [0.1, 0.15) is 6.04 Å². The van der Waals surface area contributed by atoms with E-state index in [0.717, 1.165) is 16.7 Å². The molecule has 7 heteroatoms. The molecule has 0 aliphatic heterocycles. The van der Waals surface area contributed by atoms with E-state index in [1.807, 2.05) is 45.0 Å². The van der Waals surface area contributed by atoms with Crippen molar-refractivity contribution >= 4 is 46.8 Å². The highest BCUT2D eigenvalue weighted by Gasteiger charge is 2.26. The van der Waals surface area contributed by atoms with Crippen molar-refractivity contribution < 1.29 is 9.59 Å². The summed E-state index contributed by atoms with van der Waals surface area (Å²) in [6.07, 6.45) is 0. The van der Waals surface area contributed by atoms with E-state index in [-0.39, 0.29) is 17.6 Å². The van der Waals surface area contributed by atoms with Crippen molar-refractivity contribution in [3.8, 4) is 0 Å². The third-order valence-corrected chi connectivity index (χ3v) is 6.47. The first-order valence-corrected chi connectivity index (χ1v) is 12.2. The van der Waals surface area contributed by atoms with Gasteiger partial charge in [0.25, 0.3) is 0 Å². The van der Waals surface area contributed by atoms with Crippen LogP contribution in [0.4, 0.5) is 0 Å². The zero-order valence-corrected chi connectivity index (χ0v) is 20.8. The van der Waals surface area contributed by atoms with E-state index in [1.54, 1.807) is 30.0 Å². The Kier molecular flexibility index (Phi) is 10.2. The second-order valence-corrected chi connectivity index (χ2v) is 9.82. The maximum Gasteiger partial charge on any atom is 0.242 e. The van der Waals surface area contributed by atoms with Crippen molar-refractivity contribution in [3.63, 3.8) is 0 Å². The molecule has 31 heavy (non-hydrogen) atoms. The lowest BCUT2D eigenvalue weighted by molar-refractivity contribution is -0.138. The van der Waals surface area contributed by atoms with Crippen LogP contribution >= 0.6 is 35.0 Å². The number of nitrogens with one attached hydrogen (secondary N) is 1. The minimum absolute atomic E-state index is 0.0955. The molecular weight excluding hydrogens is 451 g/mol. The Morgan fingerprint density at radius 2 is 1.71 bits per heavy atom. The van der Waals surface area contributed by atoms with Crippen LogP contribution < -0.4 is 5.32 Å². The van der Waals surface area contributed by atoms with Crippen LogP contribution in [0.1, 0.15) is 37.5 Å². The van der Waals surface area contributed by atoms with E-state index < -0.39 is 6.04 Å². The first-order chi connectivity index (χ1) is 14.7. The number of carbonyl (C=O) groups is 2. The summed E-state index contributed by atoms with van der Waals surface area (Å²) in [5, 5.41) is 4.11. The molecule has 2 rings (SSSR count). The predicted molar refractivity (Wildman–Crippen MR) is 132 cm³/mol. The number of carbonyl (C=O) groups excluding carboxylic acids is 2. The summed E-state index contributed by atoms with van der Waals surface area (Å²) in [4.78, 5) is 27.5. The van der Waals surface area contributed by atoms with Crippen molar-refractivity contribution in [3.05, 3.63) is 69.2 Å². The molecule has 0 radical (unpaired) electrons. The molecule has 168 valence electrons. The lowest BCUT2D eigenvalue weighted by atomic mass is 10.1. The van der Waals surface area contributed by atoms with E-state index in [1.165, 1.54) is 11.8 Å². The fourth-order valence-electron chi connectivity index (χ4n) is 3.04. The van der Waals surface area contributed by atoms with E-state index in [9.17, 15) is 9.59 Å². The highest BCUT2D eigenvalue weighted by Crippen LogP contribution is 2.28. The van der Waals surface area contributed by atoms with Gasteiger partial charge in [0.15, 0.2) is 0 Å². The molecule has 0 heterocycles. The van der Waals surface area contributed by atoms with Gasteiger partial charge in [-0.1, -0.05) is 72.9 Å². The Morgan fingerprint density at radius 3 is 2.32 bits per heavy atom. The minimum Gasteiger partial charge on any atom is -0.354 e. The number of halogens is 2. The quantitative estimate of drug-likeness (QED) is 0.472. The van der Waals surface area contributed by atoms with E-state index >= 15 is 0 Å². The Bertz CT molecular complexity index is 885. The fourth-order valence-corrected chi connectivity index (χ4v) is 4.68. The summed E-state index contributed by atoms with van der Waals surface area (Å²) in [6.45, 7) is 8.82. The number of aryl methyl sites for hydroxylation is 1. The number of hydrogen-bond donors (Lipinski definition) is 1. The van der Waals surface area contributed by atoms with Crippen molar-refractivity contribution in [1.82, 2.24) is 10.2 Å². The van der Waals surface area contributed by atoms with Gasteiger partial charge in [0, 0.05) is 28.9 Å². The summed E-state index contributed by atoms with van der Waals surface area (Å²) in [5.74, 6) is 0.856. The highest BCUT2D eigenvalue weighted by molar-refractivity contribution is 7.99. The molecule has 2 amide bonds. The molecular formula is C24H30Cl2N2O2S. The lowest BCUT2D eigenvalue weighted by Crippen LogP contribution is -2.48. The van der Waals surface area contributed by atoms with Crippen molar-refractivity contribution in [2.24, 2.45) is 5.92 Å². The van der Waals surface area contributed by atoms with Gasteiger partial charge in [-0.05, 0) is 43.0 Å². The molecule has 0 aliphatic carbocycles. The zero-order chi connectivity index (χ0) is 23.0. The van der Waals surface area contributed by atoms with Crippen molar-refractivity contribution in [1.29, 1.82) is 0 Å². The molecule has 0 spiro atoms. The van der Waals surface area contributed by atoms with Gasteiger partial charge in [-0.15, -0.1) is 11.8 Å². The number of nitrogens with zero attached hydrogens (tertiary/aromatic N) is 1. The summed E-state index contributed by atoms with van der Waals surface area (Å²) >= 11 is 13.9. The summed E-state index contributed by atoms with van der Waals surface area (Å²) in [7, 11) is 0. The van der Waals surface area contributed by atoms with Crippen LogP contribution in [0.2, 0.25) is 10.0 Å². The Balaban J connectivity index is 2.10. The Morgan fingerprint density at radius 1 is 1.06 bits per heavy atom. The van der Waals surface area contributed by atoms with E-state index in [0.29, 0.717) is 34.8 Å². The molecule has 0 aliphatic rings. The first kappa shape index (κ1) is 25.6. The topological polar surface area (TPSA) is 49.4 Å². The molecule has 1 N–H and O–H groups in total. The smallest absolute Gasteiger partial charge is 0.242 e. The average Bonchev–Trinajstić information content (AvgIpc) is 2.71. The summed E-state index contributed by atoms with van der Waals surface area (Å²) < 4.78 is 0. The number of hydrogen-bond acceptors (Lipinski definition) is 3. The summed E-state index contributed by atoms with van der Waals surface area (Å²) in [6, 6.07) is 12.8. The molecule has 0 fully saturated rings. The Hall–Kier alpha value is -1.69. The minimum atomic E-state index is -0.573. The van der Waals surface area contributed by atoms with Crippen LogP contribution in [0.15, 0.2) is 42.5 Å². The number of amides is 2. The third-order valence-electron chi connectivity index (χ3n) is 4.82. The van der Waals surface area contributed by atoms with Crippen LogP contribution in [0.25, 0.3) is 0 Å². The molecule has 1 unspecified atom stereocenters. The van der Waals surface area contributed by atoms with Crippen molar-refractivity contribution in [2.75, 3.05) is 12.3 Å². The monoisotopic (exact) mass is 480 g/mol. The molecule has 2 aromatic carbocycles. The molecule has 4 nitrogen and oxygen atoms in total. The maximum atomic E-state index is 13.1. The zero-order valence-electron chi connectivity index (χ0n) is 18.5. The standard InChI is InChI=1S/C24H30Cl2N2O2S/c1-16(2)12-27-24(30)18(4)28(13-19-8-5-7-17(3)11-19)23(29)15-31-14-20-21(25)9-6-10-22(20)26/h5-11,16,18H,12-15H2,1-4H3,(H,27,30). The normalized spacial score (nSPS) is 12.0. The largest absolute Gasteiger partial charge is 0.354 e. The van der Waals surface area contributed by atoms with Gasteiger partial charge in [-0.3, -0.25) is 9.59 Å². The van der Waals surface area contributed by atoms with E-state index in [4.69, 9.17) is 23.2 Å². The van der Waals surface area contributed by atoms with Crippen LogP contribution in [0.5, 0.6) is 0 Å². The summed E-state index contributed by atoms with van der Waals surface area (Å²) in [5.41, 5.74) is 2.93. The van der Waals surface area contributed by atoms with Crippen LogP contribution in [0, 0.1) is 12.8 Å². The molecule has 0 saturated carbocycles. The maximum absolute atomic E-state index is 13.1. The van der Waals surface area contributed by atoms with Gasteiger partial charge in [0.05, 0.1) is 5.75 Å². The predicted octanol–water partition coefficient (Wildman–Crippen LogP) is 5.72. The van der Waals surface area contributed by atoms with Gasteiger partial charge in [-0.25, -0.2) is 0 Å². The number of benzene rings is 2. The van der Waals surface area contributed by atoms with Gasteiger partial charge in [0.2, 0.25) is 11.8 Å². The molecule has 0 aromatic heterocycles. The fraction of sp³-hybridized carbons (Fsp3) is 0.417. The first-order valence-electron chi connectivity index (χ1n) is 10.3.